The summed E-state index contributed by atoms with van der Waals surface area (Å²) in [7, 11) is 0. The van der Waals surface area contributed by atoms with Crippen molar-refractivity contribution < 1.29 is 28.6 Å². The number of esters is 3. The molecule has 0 saturated carbocycles. The van der Waals surface area contributed by atoms with Crippen LogP contribution in [0.1, 0.15) is 247 Å². The van der Waals surface area contributed by atoms with Crippen LogP contribution in [-0.4, -0.2) is 37.2 Å². The zero-order valence-electron chi connectivity index (χ0n) is 35.4. The van der Waals surface area contributed by atoms with Crippen LogP contribution in [0.3, 0.4) is 0 Å². The number of unbranched alkanes of at least 4 members (excludes halogenated alkanes) is 24. The molecule has 0 rings (SSSR count). The summed E-state index contributed by atoms with van der Waals surface area (Å²) >= 11 is 0. The lowest BCUT2D eigenvalue weighted by molar-refractivity contribution is -0.167. The van der Waals surface area contributed by atoms with Crippen LogP contribution in [0, 0.1) is 11.8 Å². The molecule has 0 aliphatic carbocycles. The monoisotopic (exact) mass is 737 g/mol. The summed E-state index contributed by atoms with van der Waals surface area (Å²) < 4.78 is 16.7. The molecule has 0 aromatic rings. The minimum absolute atomic E-state index is 0.0655. The lowest BCUT2D eigenvalue weighted by Gasteiger charge is -2.18. The van der Waals surface area contributed by atoms with Gasteiger partial charge in [0.25, 0.3) is 0 Å². The molecule has 0 aliphatic rings. The molecule has 0 fully saturated rings. The Labute approximate surface area is 323 Å². The molecule has 6 heteroatoms. The number of carbonyl (C=O) groups excluding carboxylic acids is 3. The fraction of sp³-hybridized carbons (Fsp3) is 0.935. The quantitative estimate of drug-likeness (QED) is 0.0354. The van der Waals surface area contributed by atoms with Crippen LogP contribution in [0.2, 0.25) is 0 Å². The average molecular weight is 737 g/mol. The third kappa shape index (κ3) is 38.1. The highest BCUT2D eigenvalue weighted by atomic mass is 16.6. The smallest absolute Gasteiger partial charge is 0.306 e. The highest BCUT2D eigenvalue weighted by Crippen LogP contribution is 2.17. The first-order valence-corrected chi connectivity index (χ1v) is 22.8. The van der Waals surface area contributed by atoms with Gasteiger partial charge in [0.15, 0.2) is 6.10 Å². The van der Waals surface area contributed by atoms with E-state index in [9.17, 15) is 14.4 Å². The highest BCUT2D eigenvalue weighted by molar-refractivity contribution is 5.71. The third-order valence-corrected chi connectivity index (χ3v) is 10.6. The van der Waals surface area contributed by atoms with Crippen molar-refractivity contribution in [2.45, 2.75) is 253 Å². The molecule has 0 amide bonds. The first-order chi connectivity index (χ1) is 25.3. The first kappa shape index (κ1) is 50.4. The van der Waals surface area contributed by atoms with E-state index in [1.165, 1.54) is 135 Å². The molecule has 308 valence electrons. The summed E-state index contributed by atoms with van der Waals surface area (Å²) in [5.41, 5.74) is 0. The van der Waals surface area contributed by atoms with E-state index in [1.54, 1.807) is 0 Å². The Hall–Kier alpha value is -1.59. The maximum Gasteiger partial charge on any atom is 0.306 e. The van der Waals surface area contributed by atoms with Crippen molar-refractivity contribution >= 4 is 17.9 Å². The maximum absolute atomic E-state index is 12.6. The molecule has 52 heavy (non-hydrogen) atoms. The lowest BCUT2D eigenvalue weighted by atomic mass is 9.99. The molecule has 0 aromatic carbocycles. The summed E-state index contributed by atoms with van der Waals surface area (Å²) in [5, 5.41) is 0. The Morgan fingerprint density at radius 1 is 0.404 bits per heavy atom. The van der Waals surface area contributed by atoms with Crippen LogP contribution >= 0.6 is 0 Å². The third-order valence-electron chi connectivity index (χ3n) is 10.6. The maximum atomic E-state index is 12.6. The van der Waals surface area contributed by atoms with Crippen LogP contribution in [0.15, 0.2) is 0 Å². The van der Waals surface area contributed by atoms with Crippen LogP contribution in [0.25, 0.3) is 0 Å². The van der Waals surface area contributed by atoms with Gasteiger partial charge in [-0.25, -0.2) is 0 Å². The van der Waals surface area contributed by atoms with E-state index in [1.807, 2.05) is 0 Å². The van der Waals surface area contributed by atoms with Crippen LogP contribution in [-0.2, 0) is 28.6 Å². The molecule has 0 aliphatic heterocycles. The Balaban J connectivity index is 4.25. The fourth-order valence-corrected chi connectivity index (χ4v) is 6.72. The van der Waals surface area contributed by atoms with Gasteiger partial charge in [0.05, 0.1) is 0 Å². The number of ether oxygens (including phenoxy) is 3. The van der Waals surface area contributed by atoms with Crippen LogP contribution < -0.4 is 0 Å². The Kier molecular flexibility index (Phi) is 37.9. The summed E-state index contributed by atoms with van der Waals surface area (Å²) in [5.74, 6) is 0.824. The van der Waals surface area contributed by atoms with Crippen molar-refractivity contribution in [3.63, 3.8) is 0 Å². The molecule has 0 radical (unpaired) electrons. The van der Waals surface area contributed by atoms with Crippen LogP contribution in [0.4, 0.5) is 0 Å². The molecule has 0 saturated heterocycles. The Morgan fingerprint density at radius 2 is 0.731 bits per heavy atom. The van der Waals surface area contributed by atoms with Gasteiger partial charge in [-0.15, -0.1) is 0 Å². The predicted octanol–water partition coefficient (Wildman–Crippen LogP) is 14.2. The minimum atomic E-state index is -0.759. The van der Waals surface area contributed by atoms with Crippen molar-refractivity contribution in [1.82, 2.24) is 0 Å². The van der Waals surface area contributed by atoms with E-state index >= 15 is 0 Å². The number of hydrogen-bond acceptors (Lipinski definition) is 6. The van der Waals surface area contributed by atoms with Crippen molar-refractivity contribution in [3.8, 4) is 0 Å². The van der Waals surface area contributed by atoms with Gasteiger partial charge in [0.1, 0.15) is 13.2 Å². The van der Waals surface area contributed by atoms with Crippen molar-refractivity contribution in [1.29, 1.82) is 0 Å². The molecule has 0 bridgehead atoms. The normalized spacial score (nSPS) is 12.6. The van der Waals surface area contributed by atoms with E-state index in [4.69, 9.17) is 14.2 Å². The molecule has 0 spiro atoms. The number of carbonyl (C=O) groups is 3. The second kappa shape index (κ2) is 39.1. The van der Waals surface area contributed by atoms with Gasteiger partial charge >= 0.3 is 17.9 Å². The summed E-state index contributed by atoms with van der Waals surface area (Å²) in [6.07, 6.45) is 36.6. The zero-order chi connectivity index (χ0) is 38.3. The largest absolute Gasteiger partial charge is 0.462 e. The standard InChI is InChI=1S/C46H88O6/c1-6-8-9-10-19-28-33-38-46(49)52-43(39-50-44(47)36-31-26-22-17-13-11-15-20-24-29-34-41(3)4)40-51-45(48)37-32-27-23-18-14-12-16-21-25-30-35-42(5)7-2/h41-43H,6-40H2,1-5H3/t42?,43-/m0/s1. The van der Waals surface area contributed by atoms with Gasteiger partial charge < -0.3 is 14.2 Å². The molecule has 1 unspecified atom stereocenters. The molecular formula is C46H88O6. The van der Waals surface area contributed by atoms with E-state index in [0.717, 1.165) is 69.6 Å². The first-order valence-electron chi connectivity index (χ1n) is 22.8. The molecule has 0 N–H and O–H groups in total. The lowest BCUT2D eigenvalue weighted by Crippen LogP contribution is -2.30. The van der Waals surface area contributed by atoms with Crippen molar-refractivity contribution in [3.05, 3.63) is 0 Å². The molecule has 6 nitrogen and oxygen atoms in total. The van der Waals surface area contributed by atoms with E-state index < -0.39 is 6.10 Å². The number of hydrogen-bond donors (Lipinski definition) is 0. The van der Waals surface area contributed by atoms with Gasteiger partial charge in [0.2, 0.25) is 0 Å². The highest BCUT2D eigenvalue weighted by Gasteiger charge is 2.19. The van der Waals surface area contributed by atoms with Gasteiger partial charge in [-0.1, -0.05) is 208 Å². The summed E-state index contributed by atoms with van der Waals surface area (Å²) in [6, 6.07) is 0. The summed E-state index contributed by atoms with van der Waals surface area (Å²) in [4.78, 5) is 37.6. The van der Waals surface area contributed by atoms with E-state index in [-0.39, 0.29) is 31.1 Å². The minimum Gasteiger partial charge on any atom is -0.462 e. The SMILES string of the molecule is CCCCCCCCCC(=O)O[C@@H](COC(=O)CCCCCCCCCCCCC(C)C)COC(=O)CCCCCCCCCCCCC(C)CC. The zero-order valence-corrected chi connectivity index (χ0v) is 35.4. The molecular weight excluding hydrogens is 649 g/mol. The number of rotatable bonds is 40. The predicted molar refractivity (Wildman–Crippen MR) is 220 cm³/mol. The van der Waals surface area contributed by atoms with E-state index in [0.29, 0.717) is 19.3 Å². The second-order valence-electron chi connectivity index (χ2n) is 16.4. The van der Waals surface area contributed by atoms with E-state index in [2.05, 4.69) is 34.6 Å². The Morgan fingerprint density at radius 3 is 1.10 bits per heavy atom. The van der Waals surface area contributed by atoms with Gasteiger partial charge in [-0.3, -0.25) is 14.4 Å². The topological polar surface area (TPSA) is 78.9 Å². The Bertz CT molecular complexity index is 796. The fourth-order valence-electron chi connectivity index (χ4n) is 6.72. The van der Waals surface area contributed by atoms with Gasteiger partial charge in [-0.05, 0) is 31.1 Å². The summed E-state index contributed by atoms with van der Waals surface area (Å²) in [6.45, 7) is 11.3. The molecule has 0 aromatic heterocycles. The van der Waals surface area contributed by atoms with Gasteiger partial charge in [-0.2, -0.15) is 0 Å². The second-order valence-corrected chi connectivity index (χ2v) is 16.4. The van der Waals surface area contributed by atoms with Crippen molar-refractivity contribution in [2.24, 2.45) is 11.8 Å². The average Bonchev–Trinajstić information content (AvgIpc) is 3.12. The van der Waals surface area contributed by atoms with Crippen molar-refractivity contribution in [2.75, 3.05) is 13.2 Å². The molecule has 2 atom stereocenters. The van der Waals surface area contributed by atoms with Gasteiger partial charge in [0, 0.05) is 19.3 Å². The molecule has 0 heterocycles. The van der Waals surface area contributed by atoms with Crippen LogP contribution in [0.5, 0.6) is 0 Å².